The molecule has 3 aromatic carbocycles. The summed E-state index contributed by atoms with van der Waals surface area (Å²) < 4.78 is 25.2. The van der Waals surface area contributed by atoms with Crippen molar-refractivity contribution in [3.05, 3.63) is 90.3 Å². The molecule has 0 saturated carbocycles. The molecule has 0 aromatic heterocycles. The highest BCUT2D eigenvalue weighted by molar-refractivity contribution is 6.13. The molecule has 37 heavy (non-hydrogen) atoms. The molecule has 0 unspecified atom stereocenters. The molecule has 9 heteroatoms. The topological polar surface area (TPSA) is 93.2 Å². The number of hydrogen-bond acceptors (Lipinski definition) is 6. The molecule has 1 aliphatic heterocycles. The Bertz CT molecular complexity index is 1370. The van der Waals surface area contributed by atoms with Gasteiger partial charge in [-0.05, 0) is 47.5 Å². The number of nitrogens with zero attached hydrogens (tertiary/aromatic N) is 2. The number of esters is 1. The summed E-state index contributed by atoms with van der Waals surface area (Å²) in [6.07, 6.45) is 2.93. The van der Waals surface area contributed by atoms with E-state index in [-0.39, 0.29) is 48.1 Å². The van der Waals surface area contributed by atoms with Crippen LogP contribution in [0.3, 0.4) is 0 Å². The summed E-state index contributed by atoms with van der Waals surface area (Å²) >= 11 is 0. The van der Waals surface area contributed by atoms with Crippen molar-refractivity contribution in [1.82, 2.24) is 0 Å². The average molecular weight is 502 g/mol. The van der Waals surface area contributed by atoms with Gasteiger partial charge < -0.3 is 9.47 Å². The first-order valence-electron chi connectivity index (χ1n) is 11.3. The van der Waals surface area contributed by atoms with Crippen molar-refractivity contribution in [2.24, 2.45) is 0 Å². The Balaban J connectivity index is 1.45. The second-order valence-electron chi connectivity index (χ2n) is 8.17. The number of ether oxygens (including phenoxy) is 2. The van der Waals surface area contributed by atoms with Crippen molar-refractivity contribution in [2.75, 3.05) is 23.1 Å². The Morgan fingerprint density at radius 1 is 0.919 bits per heavy atom. The fourth-order valence-corrected chi connectivity index (χ4v) is 3.80. The second kappa shape index (κ2) is 11.0. The van der Waals surface area contributed by atoms with Crippen LogP contribution in [0.4, 0.5) is 15.8 Å². The molecule has 0 radical (unpaired) electrons. The van der Waals surface area contributed by atoms with E-state index in [0.717, 1.165) is 22.1 Å². The quantitative estimate of drug-likeness (QED) is 0.377. The van der Waals surface area contributed by atoms with Crippen LogP contribution in [-0.2, 0) is 19.1 Å². The summed E-state index contributed by atoms with van der Waals surface area (Å²) in [6.45, 7) is 2.89. The van der Waals surface area contributed by atoms with Crippen LogP contribution < -0.4 is 14.5 Å². The molecule has 3 amide bonds. The summed E-state index contributed by atoms with van der Waals surface area (Å²) in [6, 6.07) is 17.2. The lowest BCUT2D eigenvalue weighted by molar-refractivity contribution is -0.124. The lowest BCUT2D eigenvalue weighted by atomic mass is 10.0. The van der Waals surface area contributed by atoms with E-state index >= 15 is 0 Å². The van der Waals surface area contributed by atoms with Gasteiger partial charge in [0.2, 0.25) is 11.8 Å². The number of hydrogen-bond donors (Lipinski definition) is 0. The molecule has 0 fully saturated rings. The molecular weight excluding hydrogens is 479 g/mol. The van der Waals surface area contributed by atoms with E-state index in [1.807, 2.05) is 0 Å². The predicted molar refractivity (Wildman–Crippen MR) is 135 cm³/mol. The van der Waals surface area contributed by atoms with Crippen molar-refractivity contribution in [1.29, 1.82) is 0 Å². The summed E-state index contributed by atoms with van der Waals surface area (Å²) in [5.41, 5.74) is 2.54. The fourth-order valence-electron chi connectivity index (χ4n) is 3.80. The van der Waals surface area contributed by atoms with E-state index < -0.39 is 11.8 Å². The monoisotopic (exact) mass is 502 g/mol. The summed E-state index contributed by atoms with van der Waals surface area (Å²) in [5, 5.41) is 0. The third-order valence-electron chi connectivity index (χ3n) is 5.60. The van der Waals surface area contributed by atoms with Gasteiger partial charge in [-0.15, -0.1) is 0 Å². The third kappa shape index (κ3) is 5.79. The van der Waals surface area contributed by atoms with Crippen molar-refractivity contribution in [3.63, 3.8) is 0 Å². The van der Waals surface area contributed by atoms with Crippen LogP contribution in [0, 0.1) is 5.82 Å². The minimum Gasteiger partial charge on any atom is -0.420 e. The molecule has 4 rings (SSSR count). The lowest BCUT2D eigenvalue weighted by Crippen LogP contribution is -2.32. The van der Waals surface area contributed by atoms with Gasteiger partial charge in [0.1, 0.15) is 6.73 Å². The Labute approximate surface area is 212 Å². The molecular formula is C28H23FN2O6. The molecule has 8 nitrogen and oxygen atoms in total. The van der Waals surface area contributed by atoms with E-state index in [9.17, 15) is 23.6 Å². The van der Waals surface area contributed by atoms with Crippen molar-refractivity contribution >= 4 is 35.1 Å². The number of benzene rings is 3. The van der Waals surface area contributed by atoms with Gasteiger partial charge in [0.05, 0.1) is 17.9 Å². The molecule has 0 N–H and O–H groups in total. The van der Waals surface area contributed by atoms with Gasteiger partial charge >= 0.3 is 5.97 Å². The Kier molecular flexibility index (Phi) is 7.55. The van der Waals surface area contributed by atoms with Crippen LogP contribution in [0.5, 0.6) is 5.75 Å². The van der Waals surface area contributed by atoms with Crippen LogP contribution in [0.1, 0.15) is 24.2 Å². The van der Waals surface area contributed by atoms with E-state index in [2.05, 4.69) is 0 Å². The molecule has 3 aromatic rings. The SMILES string of the molecule is CC(=O)N(C(C)=O)c1ccc(-c2ccc(C(=O)Oc3ccc(N4COCC=CC4=O)cc3F)cc2)cc1. The number of halogens is 1. The zero-order chi connectivity index (χ0) is 26.5. The Morgan fingerprint density at radius 3 is 2.14 bits per heavy atom. The van der Waals surface area contributed by atoms with Gasteiger partial charge in [-0.3, -0.25) is 24.2 Å². The minimum absolute atomic E-state index is 0.0226. The standard InChI is InChI=1S/C28H23FN2O6/c1-18(32)31(19(2)33)23-11-9-21(10-12-23)20-5-7-22(8-6-20)28(35)37-26-14-13-24(16-25(26)29)30-17-36-15-3-4-27(30)34/h3-14,16H,15,17H2,1-2H3. The van der Waals surface area contributed by atoms with Gasteiger partial charge in [0.25, 0.3) is 5.91 Å². The maximum absolute atomic E-state index is 14.7. The Morgan fingerprint density at radius 2 is 1.54 bits per heavy atom. The van der Waals surface area contributed by atoms with Gasteiger partial charge in [-0.2, -0.15) is 0 Å². The predicted octanol–water partition coefficient (Wildman–Crippen LogP) is 4.49. The second-order valence-corrected chi connectivity index (χ2v) is 8.17. The molecule has 0 saturated heterocycles. The van der Waals surface area contributed by atoms with Crippen LogP contribution in [-0.4, -0.2) is 37.0 Å². The van der Waals surface area contributed by atoms with Crippen molar-refractivity contribution in [2.45, 2.75) is 13.8 Å². The number of imide groups is 1. The lowest BCUT2D eigenvalue weighted by Gasteiger charge is -2.20. The first kappa shape index (κ1) is 25.5. The Hall–Kier alpha value is -4.63. The maximum atomic E-state index is 14.7. The molecule has 0 aliphatic carbocycles. The highest BCUT2D eigenvalue weighted by Gasteiger charge is 2.19. The summed E-state index contributed by atoms with van der Waals surface area (Å²) in [7, 11) is 0. The molecule has 1 heterocycles. The summed E-state index contributed by atoms with van der Waals surface area (Å²) in [5.74, 6) is -2.91. The van der Waals surface area contributed by atoms with Crippen molar-refractivity contribution < 1.29 is 33.0 Å². The maximum Gasteiger partial charge on any atom is 0.343 e. The van der Waals surface area contributed by atoms with Crippen LogP contribution in [0.2, 0.25) is 0 Å². The average Bonchev–Trinajstić information content (AvgIpc) is 3.09. The molecule has 0 spiro atoms. The molecule has 1 aliphatic rings. The smallest absolute Gasteiger partial charge is 0.343 e. The number of amides is 3. The number of carbonyl (C=O) groups excluding carboxylic acids is 4. The normalized spacial score (nSPS) is 13.2. The summed E-state index contributed by atoms with van der Waals surface area (Å²) in [4.78, 5) is 50.5. The fraction of sp³-hybridized carbons (Fsp3) is 0.143. The first-order valence-corrected chi connectivity index (χ1v) is 11.3. The zero-order valence-corrected chi connectivity index (χ0v) is 20.1. The van der Waals surface area contributed by atoms with E-state index in [4.69, 9.17) is 9.47 Å². The van der Waals surface area contributed by atoms with Crippen LogP contribution in [0.15, 0.2) is 78.9 Å². The molecule has 188 valence electrons. The van der Waals surface area contributed by atoms with Crippen molar-refractivity contribution in [3.8, 4) is 16.9 Å². The highest BCUT2D eigenvalue weighted by Crippen LogP contribution is 2.27. The number of anilines is 2. The van der Waals surface area contributed by atoms with Gasteiger partial charge in [0.15, 0.2) is 11.6 Å². The van der Waals surface area contributed by atoms with Crippen LogP contribution in [0.25, 0.3) is 11.1 Å². The highest BCUT2D eigenvalue weighted by atomic mass is 19.1. The van der Waals surface area contributed by atoms with Gasteiger partial charge in [0, 0.05) is 31.7 Å². The third-order valence-corrected chi connectivity index (χ3v) is 5.60. The number of carbonyl (C=O) groups is 4. The minimum atomic E-state index is -0.797. The van der Waals surface area contributed by atoms with Gasteiger partial charge in [-0.1, -0.05) is 30.3 Å². The largest absolute Gasteiger partial charge is 0.420 e. The molecule has 0 bridgehead atoms. The zero-order valence-electron chi connectivity index (χ0n) is 20.1. The van der Waals surface area contributed by atoms with E-state index in [0.29, 0.717) is 5.69 Å². The van der Waals surface area contributed by atoms with Gasteiger partial charge in [-0.25, -0.2) is 9.18 Å². The number of rotatable bonds is 5. The molecule has 0 atom stereocenters. The van der Waals surface area contributed by atoms with E-state index in [1.165, 1.54) is 37.0 Å². The van der Waals surface area contributed by atoms with E-state index in [1.54, 1.807) is 54.6 Å². The van der Waals surface area contributed by atoms with Crippen LogP contribution >= 0.6 is 0 Å². The first-order chi connectivity index (χ1) is 17.7.